The maximum Gasteiger partial charge on any atom is 0.272 e. The second-order valence-corrected chi connectivity index (χ2v) is 6.57. The highest BCUT2D eigenvalue weighted by molar-refractivity contribution is 6.06. The van der Waals surface area contributed by atoms with Crippen LogP contribution in [-0.4, -0.2) is 42.0 Å². The summed E-state index contributed by atoms with van der Waals surface area (Å²) in [6.45, 7) is 9.95. The van der Waals surface area contributed by atoms with Crippen molar-refractivity contribution in [2.75, 3.05) is 31.6 Å². The number of carbonyl (C=O) groups is 1. The number of fused-ring (bicyclic) bond motifs is 1. The second-order valence-electron chi connectivity index (χ2n) is 6.57. The van der Waals surface area contributed by atoms with Gasteiger partial charge in [0.05, 0.1) is 0 Å². The lowest BCUT2D eigenvalue weighted by Gasteiger charge is -2.18. The Balaban J connectivity index is 1.58. The molecule has 5 nitrogen and oxygen atoms in total. The molecule has 2 N–H and O–H groups in total. The van der Waals surface area contributed by atoms with Gasteiger partial charge in [0.2, 0.25) is 0 Å². The van der Waals surface area contributed by atoms with Crippen LogP contribution in [0.5, 0.6) is 5.75 Å². The van der Waals surface area contributed by atoms with E-state index in [1.807, 2.05) is 55.5 Å². The first-order chi connectivity index (χ1) is 13.1. The summed E-state index contributed by atoms with van der Waals surface area (Å²) in [4.78, 5) is 18.0. The van der Waals surface area contributed by atoms with Gasteiger partial charge in [-0.1, -0.05) is 26.0 Å². The number of nitrogens with zero attached hydrogens (tertiary/aromatic N) is 1. The molecule has 1 heterocycles. The van der Waals surface area contributed by atoms with Gasteiger partial charge in [-0.25, -0.2) is 0 Å². The van der Waals surface area contributed by atoms with Crippen LogP contribution in [0.15, 0.2) is 48.5 Å². The second kappa shape index (κ2) is 8.73. The number of anilines is 1. The molecule has 0 saturated carbocycles. The van der Waals surface area contributed by atoms with E-state index in [0.29, 0.717) is 12.3 Å². The number of amides is 1. The lowest BCUT2D eigenvalue weighted by atomic mass is 10.1. The van der Waals surface area contributed by atoms with E-state index in [9.17, 15) is 4.79 Å². The minimum atomic E-state index is -0.152. The quantitative estimate of drug-likeness (QED) is 0.620. The first-order valence-corrected chi connectivity index (χ1v) is 9.45. The van der Waals surface area contributed by atoms with Crippen LogP contribution in [0.1, 0.15) is 29.9 Å². The first kappa shape index (κ1) is 19.0. The van der Waals surface area contributed by atoms with E-state index >= 15 is 0 Å². The van der Waals surface area contributed by atoms with Crippen LogP contribution >= 0.6 is 0 Å². The van der Waals surface area contributed by atoms with Gasteiger partial charge in [-0.2, -0.15) is 0 Å². The van der Waals surface area contributed by atoms with Crippen molar-refractivity contribution in [1.29, 1.82) is 0 Å². The summed E-state index contributed by atoms with van der Waals surface area (Å²) < 4.78 is 5.78. The van der Waals surface area contributed by atoms with Gasteiger partial charge in [-0.05, 0) is 62.0 Å². The van der Waals surface area contributed by atoms with E-state index in [-0.39, 0.29) is 5.91 Å². The Bertz CT molecular complexity index is 896. The Labute approximate surface area is 160 Å². The monoisotopic (exact) mass is 365 g/mol. The SMILES string of the molecule is CCN(CC)CCOc1ccc(NC(=O)c2cc3c(C)cccc3[nH]2)cc1. The summed E-state index contributed by atoms with van der Waals surface area (Å²) >= 11 is 0. The average Bonchev–Trinajstić information content (AvgIpc) is 3.12. The molecule has 0 aliphatic heterocycles. The van der Waals surface area contributed by atoms with E-state index in [4.69, 9.17) is 4.74 Å². The van der Waals surface area contributed by atoms with Crippen LogP contribution in [0.3, 0.4) is 0 Å². The number of benzene rings is 2. The van der Waals surface area contributed by atoms with Crippen molar-refractivity contribution in [2.45, 2.75) is 20.8 Å². The zero-order valence-electron chi connectivity index (χ0n) is 16.2. The predicted octanol–water partition coefficient (Wildman–Crippen LogP) is 4.45. The van der Waals surface area contributed by atoms with E-state index in [1.54, 1.807) is 0 Å². The van der Waals surface area contributed by atoms with E-state index in [0.717, 1.165) is 47.5 Å². The molecular weight excluding hydrogens is 338 g/mol. The minimum absolute atomic E-state index is 0.152. The maximum absolute atomic E-state index is 12.5. The number of nitrogens with one attached hydrogen (secondary N) is 2. The molecule has 3 rings (SSSR count). The molecule has 2 aromatic carbocycles. The number of H-pyrrole nitrogens is 1. The highest BCUT2D eigenvalue weighted by atomic mass is 16.5. The lowest BCUT2D eigenvalue weighted by Crippen LogP contribution is -2.27. The van der Waals surface area contributed by atoms with Gasteiger partial charge in [0, 0.05) is 23.1 Å². The van der Waals surface area contributed by atoms with Gasteiger partial charge in [0.15, 0.2) is 0 Å². The van der Waals surface area contributed by atoms with Gasteiger partial charge in [-0.3, -0.25) is 4.79 Å². The van der Waals surface area contributed by atoms with Crippen molar-refractivity contribution < 1.29 is 9.53 Å². The summed E-state index contributed by atoms with van der Waals surface area (Å²) in [5.74, 6) is 0.655. The summed E-state index contributed by atoms with van der Waals surface area (Å²) in [5.41, 5.74) is 3.41. The number of ether oxygens (including phenoxy) is 1. The molecule has 0 aliphatic rings. The minimum Gasteiger partial charge on any atom is -0.492 e. The summed E-state index contributed by atoms with van der Waals surface area (Å²) in [6, 6.07) is 15.4. The molecule has 1 amide bonds. The third-order valence-corrected chi connectivity index (χ3v) is 4.81. The fourth-order valence-electron chi connectivity index (χ4n) is 3.09. The predicted molar refractivity (Wildman–Crippen MR) is 111 cm³/mol. The fraction of sp³-hybridized carbons (Fsp3) is 0.318. The van der Waals surface area contributed by atoms with Crippen molar-refractivity contribution in [2.24, 2.45) is 0 Å². The number of hydrogen-bond donors (Lipinski definition) is 2. The zero-order chi connectivity index (χ0) is 19.2. The Morgan fingerprint density at radius 3 is 2.52 bits per heavy atom. The standard InChI is InChI=1S/C22H27N3O2/c1-4-25(5-2)13-14-27-18-11-9-17(10-12-18)23-22(26)21-15-19-16(3)7-6-8-20(19)24-21/h6-12,15,24H,4-5,13-14H2,1-3H3,(H,23,26). The van der Waals surface area contributed by atoms with Crippen molar-refractivity contribution in [3.63, 3.8) is 0 Å². The van der Waals surface area contributed by atoms with Crippen LogP contribution in [0, 0.1) is 6.92 Å². The molecule has 142 valence electrons. The Morgan fingerprint density at radius 2 is 1.85 bits per heavy atom. The largest absolute Gasteiger partial charge is 0.492 e. The molecule has 1 aromatic heterocycles. The number of rotatable bonds is 8. The van der Waals surface area contributed by atoms with Crippen molar-refractivity contribution in [3.8, 4) is 5.75 Å². The highest BCUT2D eigenvalue weighted by Crippen LogP contribution is 2.21. The van der Waals surface area contributed by atoms with Gasteiger partial charge in [-0.15, -0.1) is 0 Å². The van der Waals surface area contributed by atoms with Crippen LogP contribution < -0.4 is 10.1 Å². The van der Waals surface area contributed by atoms with Crippen LogP contribution in [0.25, 0.3) is 10.9 Å². The molecule has 0 fully saturated rings. The van der Waals surface area contributed by atoms with Crippen molar-refractivity contribution in [3.05, 3.63) is 59.8 Å². The summed E-state index contributed by atoms with van der Waals surface area (Å²) in [5, 5.41) is 3.99. The van der Waals surface area contributed by atoms with Crippen molar-refractivity contribution in [1.82, 2.24) is 9.88 Å². The molecule has 0 radical (unpaired) electrons. The first-order valence-electron chi connectivity index (χ1n) is 9.45. The fourth-order valence-corrected chi connectivity index (χ4v) is 3.09. The summed E-state index contributed by atoms with van der Waals surface area (Å²) in [6.07, 6.45) is 0. The topological polar surface area (TPSA) is 57.4 Å². The third-order valence-electron chi connectivity index (χ3n) is 4.81. The number of aromatic nitrogens is 1. The van der Waals surface area contributed by atoms with E-state index < -0.39 is 0 Å². The Hall–Kier alpha value is -2.79. The van der Waals surface area contributed by atoms with Gasteiger partial charge in [0.25, 0.3) is 5.91 Å². The molecule has 0 spiro atoms. The third kappa shape index (κ3) is 4.68. The van der Waals surface area contributed by atoms with E-state index in [1.165, 1.54) is 0 Å². The molecule has 5 heteroatoms. The number of aryl methyl sites for hydroxylation is 1. The number of carbonyl (C=O) groups excluding carboxylic acids is 1. The van der Waals surface area contributed by atoms with Crippen molar-refractivity contribution >= 4 is 22.5 Å². The number of hydrogen-bond acceptors (Lipinski definition) is 3. The van der Waals surface area contributed by atoms with Gasteiger partial charge in [0.1, 0.15) is 18.1 Å². The number of aromatic amines is 1. The number of likely N-dealkylation sites (N-methyl/N-ethyl adjacent to an activating group) is 1. The zero-order valence-corrected chi connectivity index (χ0v) is 16.2. The van der Waals surface area contributed by atoms with Gasteiger partial charge >= 0.3 is 0 Å². The molecule has 0 unspecified atom stereocenters. The normalized spacial score (nSPS) is 11.1. The van der Waals surface area contributed by atoms with Crippen LogP contribution in [-0.2, 0) is 0 Å². The molecule has 0 bridgehead atoms. The van der Waals surface area contributed by atoms with E-state index in [2.05, 4.69) is 29.0 Å². The smallest absolute Gasteiger partial charge is 0.272 e. The lowest BCUT2D eigenvalue weighted by molar-refractivity contribution is 0.102. The molecule has 0 atom stereocenters. The summed E-state index contributed by atoms with van der Waals surface area (Å²) in [7, 11) is 0. The molecule has 0 saturated heterocycles. The molecule has 27 heavy (non-hydrogen) atoms. The Kier molecular flexibility index (Phi) is 6.14. The molecule has 0 aliphatic carbocycles. The van der Waals surface area contributed by atoms with Crippen LogP contribution in [0.4, 0.5) is 5.69 Å². The maximum atomic E-state index is 12.5. The van der Waals surface area contributed by atoms with Gasteiger partial charge < -0.3 is 19.9 Å². The highest BCUT2D eigenvalue weighted by Gasteiger charge is 2.11. The molecular formula is C22H27N3O2. The molecule has 3 aromatic rings. The van der Waals surface area contributed by atoms with Crippen LogP contribution in [0.2, 0.25) is 0 Å². The Morgan fingerprint density at radius 1 is 1.11 bits per heavy atom. The average molecular weight is 365 g/mol.